The molecule has 0 heterocycles. The zero-order valence-corrected chi connectivity index (χ0v) is 11.2. The normalized spacial score (nSPS) is 10.7. The molecular formula is C20H16. The predicted octanol–water partition coefficient (Wildman–Crippen LogP) is 5.28. The second-order valence-corrected chi connectivity index (χ2v) is 4.60. The fourth-order valence-corrected chi connectivity index (χ4v) is 2.19. The summed E-state index contributed by atoms with van der Waals surface area (Å²) in [6.07, 6.45) is 0. The molecule has 96 valence electrons. The van der Waals surface area contributed by atoms with Gasteiger partial charge in [0.2, 0.25) is 0 Å². The third-order valence-corrected chi connectivity index (χ3v) is 3.17. The Kier molecular flexibility index (Phi) is 3.39. The second-order valence-electron chi connectivity index (χ2n) is 4.60. The summed E-state index contributed by atoms with van der Waals surface area (Å²) in [7, 11) is 0. The molecule has 0 heteroatoms. The molecule has 0 aliphatic rings. The Hall–Kier alpha value is -2.60. The van der Waals surface area contributed by atoms with Crippen LogP contribution in [0, 0.1) is 0 Å². The molecule has 3 aromatic carbocycles. The molecule has 0 nitrogen and oxygen atoms in total. The first-order valence-corrected chi connectivity index (χ1v) is 6.73. The molecule has 0 spiro atoms. The number of benzene rings is 3. The van der Waals surface area contributed by atoms with E-state index in [-0.39, 0.29) is 0 Å². The Morgan fingerprint density at radius 2 is 1.00 bits per heavy atom. The minimum Gasteiger partial charge on any atom is -0.0622 e. The topological polar surface area (TPSA) is 0 Å². The highest BCUT2D eigenvalue weighted by atomic mass is 14.1. The molecular weight excluding hydrogens is 240 g/mol. The lowest BCUT2D eigenvalue weighted by molar-refractivity contribution is 1.55. The van der Waals surface area contributed by atoms with Gasteiger partial charge in [0.1, 0.15) is 0 Å². The summed E-state index contributed by atoms with van der Waals surface area (Å²) >= 11 is 0. The van der Waals surface area contributed by atoms with Crippen molar-refractivity contribution in [2.45, 2.75) is 0 Å². The van der Waals surface area contributed by atoms with Crippen LogP contribution >= 0.6 is 0 Å². The molecule has 0 radical (unpaired) electrons. The molecule has 0 aromatic heterocycles. The summed E-state index contributed by atoms with van der Waals surface area (Å²) in [5, 5.41) is 0. The Balaban J connectivity index is 2.22. The first-order valence-electron chi connectivity index (χ1n) is 7.23. The average Bonchev–Trinajstić information content (AvgIpc) is 2.58. The van der Waals surface area contributed by atoms with Crippen LogP contribution in [0.2, 0.25) is 0 Å². The van der Waals surface area contributed by atoms with Crippen LogP contribution in [0.15, 0.2) is 91.0 Å². The van der Waals surface area contributed by atoms with Gasteiger partial charge >= 0.3 is 0 Å². The molecule has 0 fully saturated rings. The monoisotopic (exact) mass is 257 g/mol. The highest BCUT2D eigenvalue weighted by Gasteiger charge is 2.04. The van der Waals surface area contributed by atoms with Gasteiger partial charge in [0.15, 0.2) is 0 Å². The Bertz CT molecular complexity index is 687. The van der Waals surface area contributed by atoms with E-state index >= 15 is 0 Å². The van der Waals surface area contributed by atoms with Crippen molar-refractivity contribution in [3.05, 3.63) is 108 Å². The van der Waals surface area contributed by atoms with E-state index in [2.05, 4.69) is 24.3 Å². The highest BCUT2D eigenvalue weighted by Crippen LogP contribution is 2.25. The quantitative estimate of drug-likeness (QED) is 0.560. The van der Waals surface area contributed by atoms with Crippen molar-refractivity contribution in [2.24, 2.45) is 0 Å². The molecule has 3 rings (SSSR count). The molecule has 3 aromatic rings. The molecule has 0 saturated heterocycles. The van der Waals surface area contributed by atoms with Gasteiger partial charge in [-0.1, -0.05) is 91.0 Å². The minimum absolute atomic E-state index is 0.549. The summed E-state index contributed by atoms with van der Waals surface area (Å²) in [6, 6.07) is 30.7. The van der Waals surface area contributed by atoms with Crippen molar-refractivity contribution in [2.75, 3.05) is 0 Å². The summed E-state index contributed by atoms with van der Waals surface area (Å²) in [6.45, 7) is 0. The van der Waals surface area contributed by atoms with Gasteiger partial charge in [0, 0.05) is 0 Å². The van der Waals surface area contributed by atoms with Gasteiger partial charge in [-0.15, -0.1) is 0 Å². The van der Waals surface area contributed by atoms with E-state index in [1.54, 1.807) is 0 Å². The zero-order chi connectivity index (χ0) is 14.5. The molecule has 0 unspecified atom stereocenters. The van der Waals surface area contributed by atoms with Crippen molar-refractivity contribution in [3.8, 4) is 0 Å². The van der Waals surface area contributed by atoms with Gasteiger partial charge in [0.05, 0.1) is 1.37 Å². The fourth-order valence-electron chi connectivity index (χ4n) is 2.19. The highest BCUT2D eigenvalue weighted by molar-refractivity contribution is 5.91. The molecule has 0 N–H and O–H groups in total. The van der Waals surface area contributed by atoms with Crippen molar-refractivity contribution < 1.29 is 1.37 Å². The summed E-state index contributed by atoms with van der Waals surface area (Å²) in [5.74, 6) is 0. The van der Waals surface area contributed by atoms with E-state index < -0.39 is 0 Å². The molecule has 0 saturated carbocycles. The zero-order valence-electron chi connectivity index (χ0n) is 12.2. The van der Waals surface area contributed by atoms with E-state index in [0.29, 0.717) is 6.05 Å². The van der Waals surface area contributed by atoms with Crippen LogP contribution in [0.5, 0.6) is 0 Å². The van der Waals surface area contributed by atoms with Crippen molar-refractivity contribution in [1.29, 1.82) is 0 Å². The summed E-state index contributed by atoms with van der Waals surface area (Å²) in [4.78, 5) is 0. The lowest BCUT2D eigenvalue weighted by atomic mass is 9.96. The molecule has 0 amide bonds. The van der Waals surface area contributed by atoms with Gasteiger partial charge in [-0.3, -0.25) is 0 Å². The van der Waals surface area contributed by atoms with Gasteiger partial charge in [0.25, 0.3) is 0 Å². The van der Waals surface area contributed by atoms with E-state index in [9.17, 15) is 0 Å². The van der Waals surface area contributed by atoms with Crippen LogP contribution < -0.4 is 0 Å². The van der Waals surface area contributed by atoms with Gasteiger partial charge < -0.3 is 0 Å². The molecule has 0 aliphatic heterocycles. The molecule has 0 aliphatic carbocycles. The van der Waals surface area contributed by atoms with Crippen LogP contribution in [0.3, 0.4) is 0 Å². The lowest BCUT2D eigenvalue weighted by Crippen LogP contribution is -1.87. The first-order chi connectivity index (χ1) is 10.4. The maximum Gasteiger partial charge on any atom is 0.0636 e. The van der Waals surface area contributed by atoms with Gasteiger partial charge in [-0.25, -0.2) is 0 Å². The van der Waals surface area contributed by atoms with E-state index in [1.807, 2.05) is 66.7 Å². The Morgan fingerprint density at radius 1 is 0.600 bits per heavy atom. The Morgan fingerprint density at radius 3 is 1.45 bits per heavy atom. The maximum absolute atomic E-state index is 8.62. The lowest BCUT2D eigenvalue weighted by Gasteiger charge is -2.08. The maximum atomic E-state index is 8.62. The van der Waals surface area contributed by atoms with Crippen LogP contribution in [-0.4, -0.2) is 0 Å². The molecule has 0 bridgehead atoms. The first kappa shape index (κ1) is 11.2. The Labute approximate surface area is 121 Å². The van der Waals surface area contributed by atoms with E-state index in [0.717, 1.165) is 22.3 Å². The number of hydrogen-bond acceptors (Lipinski definition) is 0. The van der Waals surface area contributed by atoms with E-state index in [4.69, 9.17) is 1.37 Å². The third-order valence-electron chi connectivity index (χ3n) is 3.17. The second kappa shape index (κ2) is 6.03. The van der Waals surface area contributed by atoms with Crippen LogP contribution in [0.4, 0.5) is 0 Å². The molecule has 20 heavy (non-hydrogen) atoms. The molecule has 0 atom stereocenters. The third kappa shape index (κ3) is 2.86. The summed E-state index contributed by atoms with van der Waals surface area (Å²) < 4.78 is 8.62. The number of rotatable bonds is 3. The van der Waals surface area contributed by atoms with Crippen molar-refractivity contribution >= 4 is 11.6 Å². The smallest absolute Gasteiger partial charge is 0.0622 e. The SMILES string of the molecule is [2H]C(=C(c1ccccc1)c1ccccc1)c1ccccc1. The van der Waals surface area contributed by atoms with Crippen LogP contribution in [0.25, 0.3) is 11.6 Å². The predicted molar refractivity (Wildman–Crippen MR) is 86.3 cm³/mol. The van der Waals surface area contributed by atoms with Crippen LogP contribution in [0.1, 0.15) is 18.1 Å². The van der Waals surface area contributed by atoms with Crippen molar-refractivity contribution in [1.82, 2.24) is 0 Å². The van der Waals surface area contributed by atoms with Crippen molar-refractivity contribution in [3.63, 3.8) is 0 Å². The average molecular weight is 257 g/mol. The summed E-state index contributed by atoms with van der Waals surface area (Å²) in [5.41, 5.74) is 4.03. The standard InChI is InChI=1S/C20H16/c1-4-10-17(11-5-1)16-20(18-12-6-2-7-13-18)19-14-8-3-9-15-19/h1-16H/i16D. The van der Waals surface area contributed by atoms with Gasteiger partial charge in [-0.2, -0.15) is 0 Å². The van der Waals surface area contributed by atoms with Gasteiger partial charge in [-0.05, 0) is 28.3 Å². The van der Waals surface area contributed by atoms with E-state index in [1.165, 1.54) is 0 Å². The minimum atomic E-state index is 0.549. The number of hydrogen-bond donors (Lipinski definition) is 0. The van der Waals surface area contributed by atoms with Crippen LogP contribution in [-0.2, 0) is 0 Å². The fraction of sp³-hybridized carbons (Fsp3) is 0. The largest absolute Gasteiger partial charge is 0.0636 e.